The molecular weight excluding hydrogens is 324 g/mol. The first-order valence-corrected chi connectivity index (χ1v) is 9.13. The van der Waals surface area contributed by atoms with Crippen LogP contribution in [-0.2, 0) is 12.8 Å². The zero-order valence-electron chi connectivity index (χ0n) is 14.9. The molecule has 1 aromatic heterocycles. The van der Waals surface area contributed by atoms with Gasteiger partial charge in [-0.2, -0.15) is 9.67 Å². The van der Waals surface area contributed by atoms with Crippen LogP contribution in [0, 0.1) is 0 Å². The summed E-state index contributed by atoms with van der Waals surface area (Å²) >= 11 is 0. The van der Waals surface area contributed by atoms with Crippen LogP contribution in [-0.4, -0.2) is 26.7 Å². The topological polar surface area (TPSA) is 59.8 Å². The molecule has 4 rings (SSSR count). The van der Waals surface area contributed by atoms with E-state index in [0.717, 1.165) is 24.8 Å². The predicted molar refractivity (Wildman–Crippen MR) is 102 cm³/mol. The summed E-state index contributed by atoms with van der Waals surface area (Å²) < 4.78 is 1.40. The highest BCUT2D eigenvalue weighted by Gasteiger charge is 2.27. The normalized spacial score (nSPS) is 16.2. The second-order valence-corrected chi connectivity index (χ2v) is 6.68. The van der Waals surface area contributed by atoms with E-state index in [1.807, 2.05) is 30.3 Å². The average molecular weight is 346 g/mol. The molecule has 0 saturated carbocycles. The van der Waals surface area contributed by atoms with Gasteiger partial charge < -0.3 is 5.32 Å². The largest absolute Gasteiger partial charge is 0.351 e. The molecule has 5 nitrogen and oxygen atoms in total. The molecule has 3 aromatic rings. The van der Waals surface area contributed by atoms with Crippen molar-refractivity contribution >= 4 is 11.9 Å². The zero-order valence-corrected chi connectivity index (χ0v) is 14.9. The van der Waals surface area contributed by atoms with Gasteiger partial charge in [-0.25, -0.2) is 0 Å². The zero-order chi connectivity index (χ0) is 17.9. The number of hydrogen-bond acceptors (Lipinski definition) is 4. The van der Waals surface area contributed by atoms with Crippen molar-refractivity contribution in [3.63, 3.8) is 0 Å². The van der Waals surface area contributed by atoms with Crippen LogP contribution in [0.1, 0.15) is 35.7 Å². The Bertz CT molecular complexity index is 900. The van der Waals surface area contributed by atoms with Crippen LogP contribution in [0.15, 0.2) is 54.6 Å². The van der Waals surface area contributed by atoms with Gasteiger partial charge in [-0.05, 0) is 30.4 Å². The number of carbonyl (C=O) groups excluding carboxylic acids is 1. The first-order chi connectivity index (χ1) is 12.7. The van der Waals surface area contributed by atoms with Crippen LogP contribution in [0.3, 0.4) is 0 Å². The monoisotopic (exact) mass is 346 g/mol. The smallest absolute Gasteiger partial charge is 0.252 e. The number of fused-ring (bicyclic) bond motifs is 1. The van der Waals surface area contributed by atoms with E-state index in [4.69, 9.17) is 0 Å². The van der Waals surface area contributed by atoms with Crippen LogP contribution >= 0.6 is 0 Å². The molecule has 132 valence electrons. The SMILES string of the molecule is CCc1ccc(CCC2CC(=O)n3nc(-c4ccccc4)nc3N2)cc1. The maximum absolute atomic E-state index is 12.5. The number of anilines is 1. The van der Waals surface area contributed by atoms with Crippen molar-refractivity contribution in [2.45, 2.75) is 38.6 Å². The van der Waals surface area contributed by atoms with Gasteiger partial charge in [0.1, 0.15) is 0 Å². The highest BCUT2D eigenvalue weighted by atomic mass is 16.2. The van der Waals surface area contributed by atoms with Crippen molar-refractivity contribution in [3.05, 3.63) is 65.7 Å². The number of carbonyl (C=O) groups is 1. The van der Waals surface area contributed by atoms with E-state index >= 15 is 0 Å². The molecule has 0 amide bonds. The number of aromatic nitrogens is 3. The summed E-state index contributed by atoms with van der Waals surface area (Å²) in [4.78, 5) is 17.0. The Morgan fingerprint density at radius 1 is 1.08 bits per heavy atom. The lowest BCUT2D eigenvalue weighted by Gasteiger charge is -2.23. The highest BCUT2D eigenvalue weighted by molar-refractivity contribution is 5.84. The summed E-state index contributed by atoms with van der Waals surface area (Å²) in [5.74, 6) is 1.13. The summed E-state index contributed by atoms with van der Waals surface area (Å²) in [5, 5.41) is 7.75. The molecule has 0 saturated heterocycles. The minimum absolute atomic E-state index is 0.000220. The maximum atomic E-state index is 12.5. The van der Waals surface area contributed by atoms with E-state index in [1.54, 1.807) is 0 Å². The van der Waals surface area contributed by atoms with Gasteiger partial charge in [0.15, 0.2) is 5.82 Å². The Hall–Kier alpha value is -2.95. The molecule has 0 aliphatic carbocycles. The quantitative estimate of drug-likeness (QED) is 0.759. The first kappa shape index (κ1) is 16.5. The van der Waals surface area contributed by atoms with Gasteiger partial charge in [-0.3, -0.25) is 4.79 Å². The van der Waals surface area contributed by atoms with Crippen molar-refractivity contribution in [1.82, 2.24) is 14.8 Å². The van der Waals surface area contributed by atoms with Crippen molar-refractivity contribution in [3.8, 4) is 11.4 Å². The molecule has 5 heteroatoms. The molecule has 1 aliphatic heterocycles. The molecule has 2 aromatic carbocycles. The number of aryl methyl sites for hydroxylation is 2. The third-order valence-electron chi connectivity index (χ3n) is 4.84. The number of nitrogens with zero attached hydrogens (tertiary/aromatic N) is 3. The Balaban J connectivity index is 1.45. The third kappa shape index (κ3) is 3.38. The Kier molecular flexibility index (Phi) is 4.52. The van der Waals surface area contributed by atoms with Gasteiger partial charge in [0.2, 0.25) is 5.95 Å². The molecule has 0 radical (unpaired) electrons. The molecule has 0 bridgehead atoms. The van der Waals surface area contributed by atoms with Gasteiger partial charge in [0.05, 0.1) is 0 Å². The van der Waals surface area contributed by atoms with E-state index in [9.17, 15) is 4.79 Å². The van der Waals surface area contributed by atoms with E-state index < -0.39 is 0 Å². The molecule has 0 fully saturated rings. The van der Waals surface area contributed by atoms with Crippen molar-refractivity contribution in [2.24, 2.45) is 0 Å². The van der Waals surface area contributed by atoms with Crippen LogP contribution < -0.4 is 5.32 Å². The average Bonchev–Trinajstić information content (AvgIpc) is 3.12. The molecule has 0 spiro atoms. The van der Waals surface area contributed by atoms with Gasteiger partial charge >= 0.3 is 0 Å². The first-order valence-electron chi connectivity index (χ1n) is 9.13. The van der Waals surface area contributed by atoms with Gasteiger partial charge in [-0.1, -0.05) is 61.5 Å². The molecule has 1 unspecified atom stereocenters. The fraction of sp³-hybridized carbons (Fsp3) is 0.286. The summed E-state index contributed by atoms with van der Waals surface area (Å²) in [6, 6.07) is 18.5. The number of hydrogen-bond donors (Lipinski definition) is 1. The van der Waals surface area contributed by atoms with Crippen LogP contribution in [0.4, 0.5) is 5.95 Å². The summed E-state index contributed by atoms with van der Waals surface area (Å²) in [6.07, 6.45) is 3.33. The van der Waals surface area contributed by atoms with Crippen LogP contribution in [0.5, 0.6) is 0 Å². The second-order valence-electron chi connectivity index (χ2n) is 6.68. The number of nitrogens with one attached hydrogen (secondary N) is 1. The van der Waals surface area contributed by atoms with Crippen molar-refractivity contribution in [2.75, 3.05) is 5.32 Å². The summed E-state index contributed by atoms with van der Waals surface area (Å²) in [5.41, 5.74) is 3.56. The lowest BCUT2D eigenvalue weighted by atomic mass is 10.0. The second kappa shape index (κ2) is 7.12. The fourth-order valence-electron chi connectivity index (χ4n) is 3.28. The molecule has 1 atom stereocenters. The molecule has 1 N–H and O–H groups in total. The van der Waals surface area contributed by atoms with E-state index in [1.165, 1.54) is 15.8 Å². The van der Waals surface area contributed by atoms with E-state index in [0.29, 0.717) is 18.2 Å². The molecule has 26 heavy (non-hydrogen) atoms. The summed E-state index contributed by atoms with van der Waals surface area (Å²) in [7, 11) is 0. The summed E-state index contributed by atoms with van der Waals surface area (Å²) in [6.45, 7) is 2.16. The molecular formula is C21H22N4O. The lowest BCUT2D eigenvalue weighted by molar-refractivity contribution is 0.0871. The Labute approximate surface area is 153 Å². The molecule has 1 aliphatic rings. The van der Waals surface area contributed by atoms with Crippen LogP contribution in [0.25, 0.3) is 11.4 Å². The Morgan fingerprint density at radius 3 is 2.54 bits per heavy atom. The number of benzene rings is 2. The van der Waals surface area contributed by atoms with E-state index in [-0.39, 0.29) is 11.9 Å². The van der Waals surface area contributed by atoms with E-state index in [2.05, 4.69) is 46.6 Å². The van der Waals surface area contributed by atoms with Gasteiger partial charge in [0, 0.05) is 18.0 Å². The highest BCUT2D eigenvalue weighted by Crippen LogP contribution is 2.23. The standard InChI is InChI=1S/C21H22N4O/c1-2-15-8-10-16(11-9-15)12-13-18-14-19(26)25-21(22-18)23-20(24-25)17-6-4-3-5-7-17/h3-11,18H,2,12-14H2,1H3,(H,22,23,24). The lowest BCUT2D eigenvalue weighted by Crippen LogP contribution is -2.34. The van der Waals surface area contributed by atoms with Gasteiger partial charge in [0.25, 0.3) is 5.91 Å². The van der Waals surface area contributed by atoms with Crippen LogP contribution in [0.2, 0.25) is 0 Å². The van der Waals surface area contributed by atoms with Crippen molar-refractivity contribution < 1.29 is 4.79 Å². The minimum atomic E-state index is -0.000220. The Morgan fingerprint density at radius 2 is 1.81 bits per heavy atom. The fourth-order valence-corrected chi connectivity index (χ4v) is 3.28. The van der Waals surface area contributed by atoms with Gasteiger partial charge in [-0.15, -0.1) is 5.10 Å². The third-order valence-corrected chi connectivity index (χ3v) is 4.84. The minimum Gasteiger partial charge on any atom is -0.351 e. The maximum Gasteiger partial charge on any atom is 0.252 e. The number of rotatable bonds is 5. The predicted octanol–water partition coefficient (Wildman–Crippen LogP) is 3.96. The van der Waals surface area contributed by atoms with Crippen molar-refractivity contribution in [1.29, 1.82) is 0 Å². The molecule has 2 heterocycles.